The number of amides is 1. The van der Waals surface area contributed by atoms with Crippen LogP contribution in [0.1, 0.15) is 37.8 Å². The molecule has 1 amide bonds. The zero-order valence-electron chi connectivity index (χ0n) is 17.1. The minimum atomic E-state index is 0.0677. The van der Waals surface area contributed by atoms with Crippen molar-refractivity contribution in [3.8, 4) is 11.1 Å². The average molecular weight is 394 g/mol. The molecule has 1 aliphatic carbocycles. The summed E-state index contributed by atoms with van der Waals surface area (Å²) in [6.45, 7) is 4.26. The maximum atomic E-state index is 12.2. The van der Waals surface area contributed by atoms with Crippen molar-refractivity contribution in [2.45, 2.75) is 38.5 Å². The number of pyridine rings is 1. The first-order chi connectivity index (χ1) is 14.3. The lowest BCUT2D eigenvalue weighted by atomic mass is 10.0. The fourth-order valence-electron chi connectivity index (χ4n) is 4.33. The van der Waals surface area contributed by atoms with Crippen LogP contribution < -0.4 is 10.2 Å². The van der Waals surface area contributed by atoms with Crippen LogP contribution in [-0.2, 0) is 16.0 Å². The molecule has 2 aliphatic rings. The number of carbonyl (C=O) groups excluding carboxylic acids is 1. The fourth-order valence-corrected chi connectivity index (χ4v) is 4.33. The standard InChI is InChI=1S/C24H31N3O2/c28-24(25-12-11-19-3-1-2-4-19)17-22-8-5-21(18-26-22)20-6-9-23(10-7-20)27-13-15-29-16-14-27/h5-10,18-19H,1-4,11-17H2,(H,25,28). The lowest BCUT2D eigenvalue weighted by Gasteiger charge is -2.28. The third-order valence-electron chi connectivity index (χ3n) is 6.09. The van der Waals surface area contributed by atoms with Crippen LogP contribution in [0.25, 0.3) is 11.1 Å². The Morgan fingerprint density at radius 2 is 1.76 bits per heavy atom. The quantitative estimate of drug-likeness (QED) is 0.777. The van der Waals surface area contributed by atoms with Crippen molar-refractivity contribution in [1.29, 1.82) is 0 Å². The second-order valence-electron chi connectivity index (χ2n) is 8.15. The van der Waals surface area contributed by atoms with E-state index >= 15 is 0 Å². The SMILES string of the molecule is O=C(Cc1ccc(-c2ccc(N3CCOCC3)cc2)cn1)NCCC1CCCC1. The van der Waals surface area contributed by atoms with Gasteiger partial charge in [-0.2, -0.15) is 0 Å². The summed E-state index contributed by atoms with van der Waals surface area (Å²) >= 11 is 0. The van der Waals surface area contributed by atoms with Crippen molar-refractivity contribution >= 4 is 11.6 Å². The number of hydrogen-bond donors (Lipinski definition) is 1. The maximum absolute atomic E-state index is 12.2. The number of ether oxygens (including phenoxy) is 1. The molecule has 0 spiro atoms. The van der Waals surface area contributed by atoms with Crippen LogP contribution in [0, 0.1) is 5.92 Å². The number of benzene rings is 1. The zero-order chi connectivity index (χ0) is 19.9. The smallest absolute Gasteiger partial charge is 0.226 e. The average Bonchev–Trinajstić information content (AvgIpc) is 3.29. The molecule has 29 heavy (non-hydrogen) atoms. The number of carbonyl (C=O) groups is 1. The summed E-state index contributed by atoms with van der Waals surface area (Å²) in [5.41, 5.74) is 4.26. The molecule has 5 nitrogen and oxygen atoms in total. The van der Waals surface area contributed by atoms with E-state index < -0.39 is 0 Å². The minimum Gasteiger partial charge on any atom is -0.378 e. The Balaban J connectivity index is 1.27. The summed E-state index contributed by atoms with van der Waals surface area (Å²) in [4.78, 5) is 19.0. The summed E-state index contributed by atoms with van der Waals surface area (Å²) in [7, 11) is 0. The third-order valence-corrected chi connectivity index (χ3v) is 6.09. The Labute approximate surface area is 173 Å². The number of nitrogens with one attached hydrogen (secondary N) is 1. The van der Waals surface area contributed by atoms with Gasteiger partial charge in [-0.1, -0.05) is 43.9 Å². The van der Waals surface area contributed by atoms with Crippen LogP contribution in [0.2, 0.25) is 0 Å². The number of anilines is 1. The van der Waals surface area contributed by atoms with E-state index in [0.29, 0.717) is 6.42 Å². The van der Waals surface area contributed by atoms with E-state index in [1.165, 1.54) is 31.4 Å². The number of hydrogen-bond acceptors (Lipinski definition) is 4. The van der Waals surface area contributed by atoms with Gasteiger partial charge in [-0.05, 0) is 36.1 Å². The van der Waals surface area contributed by atoms with Crippen molar-refractivity contribution in [3.05, 3.63) is 48.3 Å². The number of morpholine rings is 1. The van der Waals surface area contributed by atoms with Gasteiger partial charge >= 0.3 is 0 Å². The van der Waals surface area contributed by atoms with Gasteiger partial charge in [-0.3, -0.25) is 9.78 Å². The van der Waals surface area contributed by atoms with E-state index in [-0.39, 0.29) is 5.91 Å². The van der Waals surface area contributed by atoms with Crippen molar-refractivity contribution in [2.24, 2.45) is 5.92 Å². The third kappa shape index (κ3) is 5.57. The molecule has 5 heteroatoms. The molecule has 0 unspecified atom stereocenters. The van der Waals surface area contributed by atoms with Crippen LogP contribution in [0.3, 0.4) is 0 Å². The Hall–Kier alpha value is -2.40. The summed E-state index contributed by atoms with van der Waals surface area (Å²) in [5.74, 6) is 0.875. The van der Waals surface area contributed by atoms with Gasteiger partial charge in [0, 0.05) is 42.8 Å². The Bertz CT molecular complexity index is 777. The molecule has 2 aromatic rings. The van der Waals surface area contributed by atoms with E-state index in [4.69, 9.17) is 4.74 Å². The van der Waals surface area contributed by atoms with Gasteiger partial charge in [0.25, 0.3) is 0 Å². The van der Waals surface area contributed by atoms with Crippen LogP contribution in [0.4, 0.5) is 5.69 Å². The van der Waals surface area contributed by atoms with Gasteiger partial charge in [0.05, 0.1) is 19.6 Å². The second kappa shape index (κ2) is 9.88. The predicted octanol–water partition coefficient (Wildman–Crippen LogP) is 3.82. The van der Waals surface area contributed by atoms with E-state index in [1.54, 1.807) is 0 Å². The van der Waals surface area contributed by atoms with Gasteiger partial charge in [-0.25, -0.2) is 0 Å². The van der Waals surface area contributed by atoms with Gasteiger partial charge in [0.15, 0.2) is 0 Å². The highest BCUT2D eigenvalue weighted by Crippen LogP contribution is 2.27. The number of rotatable bonds is 7. The minimum absolute atomic E-state index is 0.0677. The van der Waals surface area contributed by atoms with Crippen molar-refractivity contribution in [3.63, 3.8) is 0 Å². The molecule has 4 rings (SSSR count). The summed E-state index contributed by atoms with van der Waals surface area (Å²) in [5, 5.41) is 3.05. The number of nitrogens with zero attached hydrogens (tertiary/aromatic N) is 2. The van der Waals surface area contributed by atoms with Gasteiger partial charge < -0.3 is 15.0 Å². The lowest BCUT2D eigenvalue weighted by Crippen LogP contribution is -2.36. The molecule has 1 aromatic carbocycles. The molecule has 1 saturated carbocycles. The largest absolute Gasteiger partial charge is 0.378 e. The van der Waals surface area contributed by atoms with E-state index in [0.717, 1.165) is 62.0 Å². The molecular formula is C24H31N3O2. The van der Waals surface area contributed by atoms with Crippen LogP contribution in [0.5, 0.6) is 0 Å². The van der Waals surface area contributed by atoms with E-state index in [1.807, 2.05) is 12.3 Å². The summed E-state index contributed by atoms with van der Waals surface area (Å²) < 4.78 is 5.42. The Morgan fingerprint density at radius 1 is 1.03 bits per heavy atom. The number of aromatic nitrogens is 1. The van der Waals surface area contributed by atoms with Gasteiger partial charge in [0.1, 0.15) is 0 Å². The molecule has 0 radical (unpaired) electrons. The first-order valence-electron chi connectivity index (χ1n) is 10.9. The molecule has 1 aromatic heterocycles. The normalized spacial score (nSPS) is 17.4. The molecule has 1 N–H and O–H groups in total. The monoisotopic (exact) mass is 393 g/mol. The molecule has 1 saturated heterocycles. The molecule has 2 fully saturated rings. The topological polar surface area (TPSA) is 54.5 Å². The van der Waals surface area contributed by atoms with Crippen LogP contribution >= 0.6 is 0 Å². The highest BCUT2D eigenvalue weighted by Gasteiger charge is 2.15. The predicted molar refractivity (Wildman–Crippen MR) is 116 cm³/mol. The fraction of sp³-hybridized carbons (Fsp3) is 0.500. The van der Waals surface area contributed by atoms with Gasteiger partial charge in [0.2, 0.25) is 5.91 Å². The molecule has 1 aliphatic heterocycles. The van der Waals surface area contributed by atoms with Gasteiger partial charge in [-0.15, -0.1) is 0 Å². The Kier molecular flexibility index (Phi) is 6.78. The Morgan fingerprint density at radius 3 is 2.45 bits per heavy atom. The van der Waals surface area contributed by atoms with Crippen molar-refractivity contribution < 1.29 is 9.53 Å². The van der Waals surface area contributed by atoms with E-state index in [2.05, 4.69) is 45.5 Å². The maximum Gasteiger partial charge on any atom is 0.226 e. The first-order valence-corrected chi connectivity index (χ1v) is 10.9. The molecule has 0 bridgehead atoms. The molecule has 154 valence electrons. The van der Waals surface area contributed by atoms with Crippen LogP contribution in [-0.4, -0.2) is 43.7 Å². The van der Waals surface area contributed by atoms with E-state index in [9.17, 15) is 4.79 Å². The summed E-state index contributed by atoms with van der Waals surface area (Å²) in [6, 6.07) is 12.6. The molecule has 0 atom stereocenters. The highest BCUT2D eigenvalue weighted by atomic mass is 16.5. The molecule has 2 heterocycles. The second-order valence-corrected chi connectivity index (χ2v) is 8.15. The highest BCUT2D eigenvalue weighted by molar-refractivity contribution is 5.78. The first kappa shape index (κ1) is 19.9. The summed E-state index contributed by atoms with van der Waals surface area (Å²) in [6.07, 6.45) is 8.68. The lowest BCUT2D eigenvalue weighted by molar-refractivity contribution is -0.120. The molecular weight excluding hydrogens is 362 g/mol. The van der Waals surface area contributed by atoms with Crippen LogP contribution in [0.15, 0.2) is 42.6 Å². The van der Waals surface area contributed by atoms with Crippen molar-refractivity contribution in [1.82, 2.24) is 10.3 Å². The zero-order valence-corrected chi connectivity index (χ0v) is 17.1. The van der Waals surface area contributed by atoms with Crippen molar-refractivity contribution in [2.75, 3.05) is 37.7 Å².